The Morgan fingerprint density at radius 3 is 1.64 bits per heavy atom. The minimum Gasteiger partial charge on any atom is -0.457 e. The molecule has 1 aliphatic carbocycles. The maximum Gasteiger partial charge on any atom is 0.132 e. The van der Waals surface area contributed by atoms with Crippen LogP contribution in [0.1, 0.15) is 33.4 Å². The Kier molecular flexibility index (Phi) is 5.96. The summed E-state index contributed by atoms with van der Waals surface area (Å²) in [6, 6.07) is 47.7. The van der Waals surface area contributed by atoms with E-state index in [1.54, 1.807) is 0 Å². The van der Waals surface area contributed by atoms with Crippen molar-refractivity contribution in [1.82, 2.24) is 24.1 Å². The Balaban J connectivity index is 1.18. The number of benzene rings is 5. The number of fused-ring (bicyclic) bond motifs is 15. The van der Waals surface area contributed by atoms with Crippen LogP contribution in [0.5, 0.6) is 11.5 Å². The predicted molar refractivity (Wildman–Crippen MR) is 215 cm³/mol. The summed E-state index contributed by atoms with van der Waals surface area (Å²) in [5, 5.41) is 23.8. The summed E-state index contributed by atoms with van der Waals surface area (Å²) >= 11 is 0. The quantitative estimate of drug-likeness (QED) is 0.176. The normalized spacial score (nSPS) is 13.2. The van der Waals surface area contributed by atoms with Gasteiger partial charge in [-0.2, -0.15) is 10.5 Å². The molecule has 0 fully saturated rings. The fourth-order valence-corrected chi connectivity index (χ4v) is 9.40. The number of nitriles is 2. The van der Waals surface area contributed by atoms with Crippen molar-refractivity contribution in [1.29, 1.82) is 10.5 Å². The zero-order chi connectivity index (χ0) is 37.1. The van der Waals surface area contributed by atoms with Crippen molar-refractivity contribution >= 4 is 43.6 Å². The standard InChI is InChI=1S/C48H25N7O/c49-25-28-9-13-41-34(21-28)35-22-29(26-50)10-14-42(35)54(41)30-11-15-44-38(23-30)48(36-6-3-18-52-46(36)47-37(48)7-4-19-53-47)39-24-31(12-16-45(39)56-44)55-40-8-2-1-5-32(40)33-17-20-51-27-43(33)55/h1-24,27H. The Hall–Kier alpha value is -8.07. The molecule has 258 valence electrons. The second-order valence-electron chi connectivity index (χ2n) is 14.3. The van der Waals surface area contributed by atoms with Crippen molar-refractivity contribution < 1.29 is 4.74 Å². The van der Waals surface area contributed by atoms with Gasteiger partial charge < -0.3 is 13.9 Å². The van der Waals surface area contributed by atoms with Gasteiger partial charge in [0.1, 0.15) is 11.5 Å². The van der Waals surface area contributed by atoms with Crippen LogP contribution in [0.15, 0.2) is 152 Å². The summed E-state index contributed by atoms with van der Waals surface area (Å²) < 4.78 is 11.4. The molecule has 12 rings (SSSR count). The molecule has 1 aliphatic heterocycles. The van der Waals surface area contributed by atoms with E-state index >= 15 is 0 Å². The van der Waals surface area contributed by atoms with Crippen LogP contribution < -0.4 is 4.74 Å². The smallest absolute Gasteiger partial charge is 0.132 e. The molecule has 2 aliphatic rings. The highest BCUT2D eigenvalue weighted by Crippen LogP contribution is 2.62. The molecule has 0 bridgehead atoms. The number of nitrogens with zero attached hydrogens (tertiary/aromatic N) is 7. The lowest BCUT2D eigenvalue weighted by molar-refractivity contribution is 0.436. The molecule has 0 radical (unpaired) electrons. The van der Waals surface area contributed by atoms with Crippen LogP contribution in [0.25, 0.3) is 66.4 Å². The molecule has 0 N–H and O–H groups in total. The maximum atomic E-state index is 9.83. The van der Waals surface area contributed by atoms with Gasteiger partial charge >= 0.3 is 0 Å². The van der Waals surface area contributed by atoms with Crippen LogP contribution in [-0.4, -0.2) is 24.1 Å². The monoisotopic (exact) mass is 715 g/mol. The van der Waals surface area contributed by atoms with Gasteiger partial charge in [-0.25, -0.2) is 0 Å². The largest absolute Gasteiger partial charge is 0.457 e. The molecular formula is C48H25N7O. The number of para-hydroxylation sites is 1. The van der Waals surface area contributed by atoms with Gasteiger partial charge in [0.2, 0.25) is 0 Å². The predicted octanol–water partition coefficient (Wildman–Crippen LogP) is 10.3. The molecule has 0 saturated heterocycles. The van der Waals surface area contributed by atoms with E-state index in [9.17, 15) is 10.5 Å². The van der Waals surface area contributed by atoms with E-state index in [4.69, 9.17) is 14.7 Å². The molecule has 1 spiro atoms. The molecule has 0 unspecified atom stereocenters. The molecule has 0 atom stereocenters. The highest BCUT2D eigenvalue weighted by molar-refractivity contribution is 6.10. The van der Waals surface area contributed by atoms with Crippen molar-refractivity contribution in [3.05, 3.63) is 186 Å². The molecular weight excluding hydrogens is 691 g/mol. The summed E-state index contributed by atoms with van der Waals surface area (Å²) in [5.41, 5.74) is 11.8. The Bertz CT molecular complexity index is 3280. The SMILES string of the molecule is N#Cc1ccc2c(c1)c1cc(C#N)ccc1n2-c1ccc2c(c1)C1(c3cc(-n4c5ccccc5c5ccncc54)ccc3O2)c2cccnc2-c2ncccc21. The van der Waals surface area contributed by atoms with Gasteiger partial charge in [0, 0.05) is 62.6 Å². The third-order valence-corrected chi connectivity index (χ3v) is 11.6. The van der Waals surface area contributed by atoms with Gasteiger partial charge in [0.25, 0.3) is 0 Å². The van der Waals surface area contributed by atoms with Crippen molar-refractivity contribution in [2.45, 2.75) is 5.41 Å². The van der Waals surface area contributed by atoms with Gasteiger partial charge in [-0.1, -0.05) is 30.3 Å². The lowest BCUT2D eigenvalue weighted by Gasteiger charge is -2.39. The van der Waals surface area contributed by atoms with Crippen LogP contribution in [0.3, 0.4) is 0 Å². The Morgan fingerprint density at radius 1 is 0.482 bits per heavy atom. The summed E-state index contributed by atoms with van der Waals surface area (Å²) in [6.07, 6.45) is 7.44. The summed E-state index contributed by atoms with van der Waals surface area (Å²) in [5.74, 6) is 1.49. The van der Waals surface area contributed by atoms with E-state index in [0.29, 0.717) is 11.1 Å². The molecule has 56 heavy (non-hydrogen) atoms. The van der Waals surface area contributed by atoms with E-state index < -0.39 is 5.41 Å². The molecule has 10 aromatic rings. The van der Waals surface area contributed by atoms with E-state index in [1.807, 2.05) is 73.3 Å². The second-order valence-corrected chi connectivity index (χ2v) is 14.3. The Morgan fingerprint density at radius 2 is 1.04 bits per heavy atom. The third-order valence-electron chi connectivity index (χ3n) is 11.6. The first kappa shape index (κ1) is 30.4. The summed E-state index contributed by atoms with van der Waals surface area (Å²) in [7, 11) is 0. The molecule has 5 aromatic carbocycles. The number of hydrogen-bond acceptors (Lipinski definition) is 6. The van der Waals surface area contributed by atoms with Crippen molar-refractivity contribution in [2.75, 3.05) is 0 Å². The van der Waals surface area contributed by atoms with Crippen LogP contribution in [0.4, 0.5) is 0 Å². The number of pyridine rings is 3. The summed E-state index contributed by atoms with van der Waals surface area (Å²) in [4.78, 5) is 14.5. The number of rotatable bonds is 2. The first-order valence-corrected chi connectivity index (χ1v) is 18.3. The van der Waals surface area contributed by atoms with Crippen LogP contribution in [0.2, 0.25) is 0 Å². The first-order chi connectivity index (χ1) is 27.7. The fraction of sp³-hybridized carbons (Fsp3) is 0.0208. The van der Waals surface area contributed by atoms with Crippen molar-refractivity contribution in [3.8, 4) is 46.4 Å². The minimum absolute atomic E-state index is 0.558. The van der Waals surface area contributed by atoms with Crippen LogP contribution in [0, 0.1) is 22.7 Å². The lowest BCUT2D eigenvalue weighted by atomic mass is 9.66. The molecule has 0 amide bonds. The fourth-order valence-electron chi connectivity index (χ4n) is 9.40. The Labute approximate surface area is 319 Å². The van der Waals surface area contributed by atoms with E-state index in [-0.39, 0.29) is 0 Å². The van der Waals surface area contributed by atoms with Gasteiger partial charge in [0.05, 0.1) is 68.3 Å². The highest BCUT2D eigenvalue weighted by Gasteiger charge is 2.52. The van der Waals surface area contributed by atoms with Crippen molar-refractivity contribution in [3.63, 3.8) is 0 Å². The summed E-state index contributed by atoms with van der Waals surface area (Å²) in [6.45, 7) is 0. The second kappa shape index (κ2) is 11.0. The maximum absolute atomic E-state index is 9.83. The molecule has 8 nitrogen and oxygen atoms in total. The van der Waals surface area contributed by atoms with Gasteiger partial charge in [-0.3, -0.25) is 15.0 Å². The minimum atomic E-state index is -0.847. The zero-order valence-corrected chi connectivity index (χ0v) is 29.5. The zero-order valence-electron chi connectivity index (χ0n) is 29.5. The molecule has 8 heteroatoms. The first-order valence-electron chi connectivity index (χ1n) is 18.3. The lowest BCUT2D eigenvalue weighted by Crippen LogP contribution is -2.32. The van der Waals surface area contributed by atoms with E-state index in [1.165, 1.54) is 0 Å². The van der Waals surface area contributed by atoms with Crippen LogP contribution in [-0.2, 0) is 5.41 Å². The van der Waals surface area contributed by atoms with Gasteiger partial charge in [-0.15, -0.1) is 0 Å². The number of hydrogen-bond donors (Lipinski definition) is 0. The van der Waals surface area contributed by atoms with Gasteiger partial charge in [-0.05, 0) is 108 Å². The van der Waals surface area contributed by atoms with Crippen LogP contribution >= 0.6 is 0 Å². The molecule has 6 heterocycles. The topological polar surface area (TPSA) is 105 Å². The average Bonchev–Trinajstić information content (AvgIpc) is 3.88. The van der Waals surface area contributed by atoms with Crippen molar-refractivity contribution in [2.24, 2.45) is 0 Å². The van der Waals surface area contributed by atoms with Gasteiger partial charge in [0.15, 0.2) is 0 Å². The average molecular weight is 716 g/mol. The third kappa shape index (κ3) is 3.81. The number of aromatic nitrogens is 5. The highest BCUT2D eigenvalue weighted by atomic mass is 16.5. The number of ether oxygens (including phenoxy) is 1. The molecule has 0 saturated carbocycles. The van der Waals surface area contributed by atoms with E-state index in [0.717, 1.165) is 100 Å². The molecule has 5 aromatic heterocycles. The van der Waals surface area contributed by atoms with E-state index in [2.05, 4.69) is 105 Å².